The third-order valence-corrected chi connectivity index (χ3v) is 3.08. The normalized spacial score (nSPS) is 10.3. The predicted octanol–water partition coefficient (Wildman–Crippen LogP) is 1.53. The van der Waals surface area contributed by atoms with E-state index >= 15 is 0 Å². The number of halogens is 1. The summed E-state index contributed by atoms with van der Waals surface area (Å²) >= 11 is 5.80. The van der Waals surface area contributed by atoms with Crippen molar-refractivity contribution in [2.75, 3.05) is 12.3 Å². The fourth-order valence-electron chi connectivity index (χ4n) is 1.72. The fraction of sp³-hybridized carbons (Fsp3) is 0.167. The number of carbonyl (C=O) groups excluding carboxylic acids is 1. The van der Waals surface area contributed by atoms with E-state index in [0.29, 0.717) is 13.0 Å². The number of carbonyl (C=O) groups is 1. The van der Waals surface area contributed by atoms with Crippen molar-refractivity contribution in [3.8, 4) is 0 Å². The van der Waals surface area contributed by atoms with Gasteiger partial charge in [0.15, 0.2) is 0 Å². The fourth-order valence-corrected chi connectivity index (χ4v) is 1.93. The lowest BCUT2D eigenvalue weighted by Gasteiger charge is -2.06. The first kappa shape index (κ1) is 14.8. The van der Waals surface area contributed by atoms with Crippen LogP contribution in [0, 0.1) is 10.1 Å². The molecule has 2 aromatic rings. The van der Waals surface area contributed by atoms with E-state index < -0.39 is 16.5 Å². The molecule has 8 nitrogen and oxygen atoms in total. The van der Waals surface area contributed by atoms with Crippen molar-refractivity contribution in [1.82, 2.24) is 15.3 Å². The number of hydrogen-bond acceptors (Lipinski definition) is 5. The van der Waals surface area contributed by atoms with Crippen LogP contribution >= 0.6 is 11.6 Å². The van der Waals surface area contributed by atoms with Gasteiger partial charge in [-0.3, -0.25) is 14.9 Å². The van der Waals surface area contributed by atoms with Gasteiger partial charge in [-0.2, -0.15) is 0 Å². The van der Waals surface area contributed by atoms with Gasteiger partial charge in [0.05, 0.1) is 9.95 Å². The number of nitro groups is 1. The molecule has 0 aliphatic heterocycles. The van der Waals surface area contributed by atoms with Gasteiger partial charge >= 0.3 is 0 Å². The molecular weight excluding hydrogens is 298 g/mol. The second kappa shape index (κ2) is 6.23. The van der Waals surface area contributed by atoms with E-state index in [2.05, 4.69) is 15.3 Å². The molecule has 1 amide bonds. The highest BCUT2D eigenvalue weighted by Crippen LogP contribution is 2.30. The molecule has 0 atom stereocenters. The van der Waals surface area contributed by atoms with Crippen LogP contribution in [0.25, 0.3) is 0 Å². The van der Waals surface area contributed by atoms with E-state index in [0.717, 1.165) is 11.9 Å². The predicted molar refractivity (Wildman–Crippen MR) is 77.1 cm³/mol. The highest BCUT2D eigenvalue weighted by atomic mass is 35.5. The van der Waals surface area contributed by atoms with Gasteiger partial charge in [-0.15, -0.1) is 0 Å². The van der Waals surface area contributed by atoms with Crippen molar-refractivity contribution in [3.63, 3.8) is 0 Å². The highest BCUT2D eigenvalue weighted by molar-refractivity contribution is 6.34. The number of H-pyrrole nitrogens is 1. The molecule has 0 spiro atoms. The van der Waals surface area contributed by atoms with Crippen LogP contribution in [0.5, 0.6) is 0 Å². The number of nitro benzene ring substituents is 1. The van der Waals surface area contributed by atoms with Gasteiger partial charge in [0.2, 0.25) is 0 Å². The molecule has 1 aromatic heterocycles. The summed E-state index contributed by atoms with van der Waals surface area (Å²) in [7, 11) is 0. The molecule has 0 unspecified atom stereocenters. The molecule has 0 fully saturated rings. The molecule has 0 aliphatic rings. The van der Waals surface area contributed by atoms with E-state index in [9.17, 15) is 14.9 Å². The van der Waals surface area contributed by atoms with Crippen molar-refractivity contribution in [3.05, 3.63) is 51.1 Å². The van der Waals surface area contributed by atoms with Crippen LogP contribution in [-0.4, -0.2) is 27.3 Å². The standard InChI is InChI=1S/C12H12ClN5O3/c13-8-5-7(6-9(11(8)14)18(20)21)12(19)17-2-1-10-15-3-4-16-10/h3-6H,1-2,14H2,(H,15,16)(H,17,19). The number of nitrogens with two attached hydrogens (primary N) is 1. The number of aromatic amines is 1. The molecule has 0 saturated heterocycles. The lowest BCUT2D eigenvalue weighted by molar-refractivity contribution is -0.383. The zero-order valence-electron chi connectivity index (χ0n) is 10.8. The summed E-state index contributed by atoms with van der Waals surface area (Å²) in [5, 5.41) is 13.4. The van der Waals surface area contributed by atoms with Crippen LogP contribution in [0.4, 0.5) is 11.4 Å². The van der Waals surface area contributed by atoms with Crippen LogP contribution in [0.1, 0.15) is 16.2 Å². The Hall–Kier alpha value is -2.61. The van der Waals surface area contributed by atoms with Crippen molar-refractivity contribution >= 4 is 28.9 Å². The molecule has 0 saturated carbocycles. The monoisotopic (exact) mass is 309 g/mol. The van der Waals surface area contributed by atoms with Gasteiger partial charge in [-0.25, -0.2) is 4.98 Å². The van der Waals surface area contributed by atoms with Crippen molar-refractivity contribution in [2.45, 2.75) is 6.42 Å². The Balaban J connectivity index is 2.07. The zero-order valence-corrected chi connectivity index (χ0v) is 11.6. The number of benzene rings is 1. The highest BCUT2D eigenvalue weighted by Gasteiger charge is 2.19. The number of anilines is 1. The second-order valence-corrected chi connectivity index (χ2v) is 4.60. The van der Waals surface area contributed by atoms with Gasteiger partial charge in [0.25, 0.3) is 11.6 Å². The van der Waals surface area contributed by atoms with Crippen LogP contribution in [-0.2, 0) is 6.42 Å². The number of nitrogen functional groups attached to an aromatic ring is 1. The van der Waals surface area contributed by atoms with Crippen molar-refractivity contribution < 1.29 is 9.72 Å². The lowest BCUT2D eigenvalue weighted by Crippen LogP contribution is -2.26. The minimum Gasteiger partial charge on any atom is -0.392 e. The Morgan fingerprint density at radius 1 is 1.52 bits per heavy atom. The molecule has 0 aliphatic carbocycles. The maximum atomic E-state index is 11.9. The molecule has 1 aromatic carbocycles. The van der Waals surface area contributed by atoms with Gasteiger partial charge in [0.1, 0.15) is 11.5 Å². The summed E-state index contributed by atoms with van der Waals surface area (Å²) in [5.41, 5.74) is 5.03. The van der Waals surface area contributed by atoms with E-state index in [1.165, 1.54) is 6.07 Å². The summed E-state index contributed by atoms with van der Waals surface area (Å²) in [6.45, 7) is 0.335. The SMILES string of the molecule is Nc1c(Cl)cc(C(=O)NCCc2ncc[nH]2)cc1[N+](=O)[O-]. The molecule has 1 heterocycles. The summed E-state index contributed by atoms with van der Waals surface area (Å²) in [5.74, 6) is 0.267. The Bertz CT molecular complexity index is 672. The maximum absolute atomic E-state index is 11.9. The Morgan fingerprint density at radius 2 is 2.29 bits per heavy atom. The third kappa shape index (κ3) is 3.48. The number of imidazole rings is 1. The number of hydrogen-bond donors (Lipinski definition) is 3. The van der Waals surface area contributed by atoms with Crippen LogP contribution in [0.15, 0.2) is 24.5 Å². The van der Waals surface area contributed by atoms with Gasteiger partial charge in [0, 0.05) is 37.0 Å². The summed E-state index contributed by atoms with van der Waals surface area (Å²) in [6, 6.07) is 2.40. The Morgan fingerprint density at radius 3 is 2.90 bits per heavy atom. The molecule has 2 rings (SSSR count). The molecule has 4 N–H and O–H groups in total. The van der Waals surface area contributed by atoms with Crippen LogP contribution < -0.4 is 11.1 Å². The average Bonchev–Trinajstić information content (AvgIpc) is 2.94. The van der Waals surface area contributed by atoms with Crippen LogP contribution in [0.2, 0.25) is 5.02 Å². The largest absolute Gasteiger partial charge is 0.392 e. The Labute approximate surface area is 124 Å². The first-order valence-corrected chi connectivity index (χ1v) is 6.36. The van der Waals surface area contributed by atoms with Crippen molar-refractivity contribution in [1.29, 1.82) is 0 Å². The average molecular weight is 310 g/mol. The lowest BCUT2D eigenvalue weighted by atomic mass is 10.1. The summed E-state index contributed by atoms with van der Waals surface area (Å²) in [6.07, 6.45) is 3.81. The molecule has 0 bridgehead atoms. The number of nitrogens with one attached hydrogen (secondary N) is 2. The number of rotatable bonds is 5. The van der Waals surface area contributed by atoms with Gasteiger partial charge in [-0.1, -0.05) is 11.6 Å². The molecular formula is C12H12ClN5O3. The number of amides is 1. The van der Waals surface area contributed by atoms with Gasteiger partial charge < -0.3 is 16.0 Å². The quantitative estimate of drug-likeness (QED) is 0.438. The second-order valence-electron chi connectivity index (χ2n) is 4.19. The topological polar surface area (TPSA) is 127 Å². The van der Waals surface area contributed by atoms with E-state index in [1.54, 1.807) is 12.4 Å². The molecule has 0 radical (unpaired) electrons. The van der Waals surface area contributed by atoms with Crippen molar-refractivity contribution in [2.24, 2.45) is 0 Å². The minimum absolute atomic E-state index is 0.0274. The zero-order chi connectivity index (χ0) is 15.4. The van der Waals surface area contributed by atoms with E-state index in [4.69, 9.17) is 17.3 Å². The smallest absolute Gasteiger partial charge is 0.294 e. The third-order valence-electron chi connectivity index (χ3n) is 2.77. The van der Waals surface area contributed by atoms with E-state index in [1.807, 2.05) is 0 Å². The summed E-state index contributed by atoms with van der Waals surface area (Å²) < 4.78 is 0. The number of aromatic nitrogens is 2. The first-order valence-electron chi connectivity index (χ1n) is 5.99. The number of nitrogens with zero attached hydrogens (tertiary/aromatic N) is 2. The minimum atomic E-state index is -0.680. The Kier molecular flexibility index (Phi) is 4.39. The summed E-state index contributed by atoms with van der Waals surface area (Å²) in [4.78, 5) is 29.0. The van der Waals surface area contributed by atoms with Gasteiger partial charge in [-0.05, 0) is 6.07 Å². The van der Waals surface area contributed by atoms with E-state index in [-0.39, 0.29) is 16.3 Å². The van der Waals surface area contributed by atoms with Crippen LogP contribution in [0.3, 0.4) is 0 Å². The maximum Gasteiger partial charge on any atom is 0.294 e. The molecule has 110 valence electrons. The molecule has 9 heteroatoms. The first-order chi connectivity index (χ1) is 9.99. The molecule has 21 heavy (non-hydrogen) atoms.